The van der Waals surface area contributed by atoms with Gasteiger partial charge in [-0.15, -0.1) is 0 Å². The molecule has 1 aromatic carbocycles. The van der Waals surface area contributed by atoms with E-state index < -0.39 is 22.8 Å². The van der Waals surface area contributed by atoms with E-state index in [-0.39, 0.29) is 31.0 Å². The van der Waals surface area contributed by atoms with Crippen molar-refractivity contribution in [2.24, 2.45) is 0 Å². The number of piperidine rings is 1. The van der Waals surface area contributed by atoms with Crippen LogP contribution in [-0.2, 0) is 16.1 Å². The minimum atomic E-state index is -0.756. The predicted octanol–water partition coefficient (Wildman–Crippen LogP) is 0.203. The predicted molar refractivity (Wildman–Crippen MR) is 76.9 cm³/mol. The first kappa shape index (κ1) is 15.1. The largest absolute Gasteiger partial charge is 0.295 e. The molecule has 9 heteroatoms. The normalized spacial score (nSPS) is 21.9. The minimum absolute atomic E-state index is 0.0839. The summed E-state index contributed by atoms with van der Waals surface area (Å²) in [5.41, 5.74) is 0.785. The Morgan fingerprint density at radius 3 is 2.70 bits per heavy atom. The van der Waals surface area contributed by atoms with E-state index in [4.69, 9.17) is 0 Å². The van der Waals surface area contributed by atoms with Crippen LogP contribution in [0.1, 0.15) is 28.8 Å². The standard InChI is InChI=1S/C14H14N4O5/c1-16-7-8-6-9(18(22)23)2-3-10(8)14(21)17(16)11-4-5-12(19)15-13(11)20/h2-3,6,11H,4-5,7H2,1H3,(H,15,19,20). The fraction of sp³-hybridized carbons (Fsp3) is 0.357. The third-order valence-electron chi connectivity index (χ3n) is 4.01. The van der Waals surface area contributed by atoms with Gasteiger partial charge >= 0.3 is 0 Å². The van der Waals surface area contributed by atoms with Crippen LogP contribution in [0.4, 0.5) is 5.69 Å². The zero-order chi connectivity index (χ0) is 16.7. The van der Waals surface area contributed by atoms with Crippen molar-refractivity contribution in [2.75, 3.05) is 7.05 Å². The molecular weight excluding hydrogens is 304 g/mol. The van der Waals surface area contributed by atoms with E-state index in [1.54, 1.807) is 12.1 Å². The molecule has 2 aliphatic heterocycles. The average Bonchev–Trinajstić information content (AvgIpc) is 2.48. The van der Waals surface area contributed by atoms with Gasteiger partial charge in [-0.05, 0) is 18.1 Å². The maximum atomic E-state index is 12.7. The molecule has 0 bridgehead atoms. The smallest absolute Gasteiger partial charge is 0.269 e. The number of nitrogens with one attached hydrogen (secondary N) is 1. The van der Waals surface area contributed by atoms with Crippen LogP contribution in [0.5, 0.6) is 0 Å². The van der Waals surface area contributed by atoms with Gasteiger partial charge in [0.05, 0.1) is 4.92 Å². The van der Waals surface area contributed by atoms with Crippen LogP contribution in [0, 0.1) is 10.1 Å². The van der Waals surface area contributed by atoms with Gasteiger partial charge in [-0.2, -0.15) is 0 Å². The van der Waals surface area contributed by atoms with E-state index in [9.17, 15) is 24.5 Å². The number of fused-ring (bicyclic) bond motifs is 1. The van der Waals surface area contributed by atoms with Gasteiger partial charge in [0.15, 0.2) is 0 Å². The van der Waals surface area contributed by atoms with Gasteiger partial charge in [-0.3, -0.25) is 34.8 Å². The molecular formula is C14H14N4O5. The van der Waals surface area contributed by atoms with E-state index >= 15 is 0 Å². The quantitative estimate of drug-likeness (QED) is 0.473. The SMILES string of the molecule is CN1Cc2cc([N+](=O)[O-])ccc2C(=O)N1C1CCC(=O)NC1=O. The van der Waals surface area contributed by atoms with Crippen molar-refractivity contribution in [2.45, 2.75) is 25.4 Å². The number of hydrazine groups is 1. The molecule has 1 fully saturated rings. The maximum absolute atomic E-state index is 12.7. The molecule has 0 saturated carbocycles. The summed E-state index contributed by atoms with van der Waals surface area (Å²) in [6.07, 6.45) is 0.421. The van der Waals surface area contributed by atoms with Gasteiger partial charge in [-0.25, -0.2) is 5.01 Å². The lowest BCUT2D eigenvalue weighted by atomic mass is 9.99. The number of hydrogen-bond acceptors (Lipinski definition) is 6. The summed E-state index contributed by atoms with van der Waals surface area (Å²) in [7, 11) is 1.63. The number of nitro benzene ring substituents is 1. The fourth-order valence-electron chi connectivity index (χ4n) is 2.93. The monoisotopic (exact) mass is 318 g/mol. The number of rotatable bonds is 2. The zero-order valence-electron chi connectivity index (χ0n) is 12.3. The number of nitro groups is 1. The molecule has 1 saturated heterocycles. The van der Waals surface area contributed by atoms with Crippen LogP contribution in [0.15, 0.2) is 18.2 Å². The van der Waals surface area contributed by atoms with Crippen molar-refractivity contribution >= 4 is 23.4 Å². The van der Waals surface area contributed by atoms with Crippen LogP contribution in [0.3, 0.4) is 0 Å². The molecule has 0 aromatic heterocycles. The number of imide groups is 1. The Morgan fingerprint density at radius 2 is 2.04 bits per heavy atom. The van der Waals surface area contributed by atoms with Crippen molar-refractivity contribution in [3.63, 3.8) is 0 Å². The number of amides is 3. The number of hydrogen-bond donors (Lipinski definition) is 1. The van der Waals surface area contributed by atoms with Crippen molar-refractivity contribution in [3.05, 3.63) is 39.4 Å². The molecule has 1 N–H and O–H groups in total. The van der Waals surface area contributed by atoms with Gasteiger partial charge in [0, 0.05) is 37.7 Å². The lowest BCUT2D eigenvalue weighted by molar-refractivity contribution is -0.385. The summed E-state index contributed by atoms with van der Waals surface area (Å²) >= 11 is 0. The number of carbonyl (C=O) groups is 3. The minimum Gasteiger partial charge on any atom is -0.295 e. The highest BCUT2D eigenvalue weighted by molar-refractivity contribution is 6.04. The first-order valence-electron chi connectivity index (χ1n) is 7.04. The van der Waals surface area contributed by atoms with E-state index in [0.717, 1.165) is 0 Å². The molecule has 0 radical (unpaired) electrons. The Labute approximate surface area is 131 Å². The highest BCUT2D eigenvalue weighted by Crippen LogP contribution is 2.28. The third-order valence-corrected chi connectivity index (χ3v) is 4.01. The third kappa shape index (κ3) is 2.55. The van der Waals surface area contributed by atoms with Gasteiger partial charge in [0.2, 0.25) is 5.91 Å². The van der Waals surface area contributed by atoms with Crippen LogP contribution in [0.25, 0.3) is 0 Å². The van der Waals surface area contributed by atoms with Crippen molar-refractivity contribution in [1.29, 1.82) is 0 Å². The molecule has 0 aliphatic carbocycles. The number of nitrogens with zero attached hydrogens (tertiary/aromatic N) is 3. The second kappa shape index (κ2) is 5.43. The summed E-state index contributed by atoms with van der Waals surface area (Å²) in [6, 6.07) is 3.28. The van der Waals surface area contributed by atoms with Gasteiger partial charge < -0.3 is 0 Å². The molecule has 2 aliphatic rings. The highest BCUT2D eigenvalue weighted by atomic mass is 16.6. The van der Waals surface area contributed by atoms with Gasteiger partial charge in [0.25, 0.3) is 17.5 Å². The van der Waals surface area contributed by atoms with Gasteiger partial charge in [-0.1, -0.05) is 0 Å². The lowest BCUT2D eigenvalue weighted by Crippen LogP contribution is -2.60. The number of non-ortho nitro benzene ring substituents is 1. The average molecular weight is 318 g/mol. The fourth-order valence-corrected chi connectivity index (χ4v) is 2.93. The molecule has 1 atom stereocenters. The van der Waals surface area contributed by atoms with Crippen LogP contribution >= 0.6 is 0 Å². The molecule has 1 aromatic rings. The first-order chi connectivity index (χ1) is 10.9. The van der Waals surface area contributed by atoms with Gasteiger partial charge in [0.1, 0.15) is 6.04 Å². The van der Waals surface area contributed by atoms with E-state index in [1.165, 1.54) is 23.2 Å². The molecule has 2 heterocycles. The topological polar surface area (TPSA) is 113 Å². The van der Waals surface area contributed by atoms with Crippen molar-refractivity contribution < 1.29 is 19.3 Å². The zero-order valence-corrected chi connectivity index (χ0v) is 12.3. The Bertz CT molecular complexity index is 732. The summed E-state index contributed by atoms with van der Waals surface area (Å²) in [6.45, 7) is 0.264. The van der Waals surface area contributed by atoms with E-state index in [1.807, 2.05) is 0 Å². The Morgan fingerprint density at radius 1 is 1.30 bits per heavy atom. The van der Waals surface area contributed by atoms with E-state index in [0.29, 0.717) is 11.1 Å². The molecule has 0 spiro atoms. The molecule has 3 rings (SSSR count). The maximum Gasteiger partial charge on any atom is 0.269 e. The molecule has 1 unspecified atom stereocenters. The Kier molecular flexibility index (Phi) is 3.57. The summed E-state index contributed by atoms with van der Waals surface area (Å²) < 4.78 is 0. The molecule has 3 amide bonds. The first-order valence-corrected chi connectivity index (χ1v) is 7.04. The summed E-state index contributed by atoms with van der Waals surface area (Å²) in [4.78, 5) is 46.3. The van der Waals surface area contributed by atoms with Crippen LogP contribution in [-0.4, -0.2) is 45.8 Å². The molecule has 9 nitrogen and oxygen atoms in total. The highest BCUT2D eigenvalue weighted by Gasteiger charge is 2.40. The molecule has 23 heavy (non-hydrogen) atoms. The summed E-state index contributed by atoms with van der Waals surface area (Å²) in [5.74, 6) is -1.26. The second-order valence-corrected chi connectivity index (χ2v) is 5.53. The number of benzene rings is 1. The van der Waals surface area contributed by atoms with Crippen LogP contribution in [0.2, 0.25) is 0 Å². The number of carbonyl (C=O) groups excluding carboxylic acids is 3. The van der Waals surface area contributed by atoms with Crippen molar-refractivity contribution in [3.8, 4) is 0 Å². The van der Waals surface area contributed by atoms with Crippen LogP contribution < -0.4 is 5.32 Å². The molecule has 120 valence electrons. The Balaban J connectivity index is 1.94. The lowest BCUT2D eigenvalue weighted by Gasteiger charge is -2.42. The Hall–Kier alpha value is -2.81. The van der Waals surface area contributed by atoms with E-state index in [2.05, 4.69) is 5.32 Å². The van der Waals surface area contributed by atoms with Crippen molar-refractivity contribution in [1.82, 2.24) is 15.3 Å². The second-order valence-electron chi connectivity index (χ2n) is 5.53. The summed E-state index contributed by atoms with van der Waals surface area (Å²) in [5, 5.41) is 15.9.